The zero-order valence-electron chi connectivity index (χ0n) is 10.9. The Morgan fingerprint density at radius 3 is 2.22 bits per heavy atom. The Balaban J connectivity index is 2.30. The minimum Gasteiger partial charge on any atom is -0.497 e. The highest BCUT2D eigenvalue weighted by atomic mass is 16.5. The zero-order valence-corrected chi connectivity index (χ0v) is 10.9. The van der Waals surface area contributed by atoms with Crippen molar-refractivity contribution in [1.82, 2.24) is 0 Å². The first-order chi connectivity index (χ1) is 8.83. The molecule has 92 valence electrons. The molecule has 18 heavy (non-hydrogen) atoms. The monoisotopic (exact) mass is 238 g/mol. The maximum Gasteiger partial charge on any atom is 0.118 e. The van der Waals surface area contributed by atoms with E-state index in [2.05, 4.69) is 49.4 Å². The predicted octanol–water partition coefficient (Wildman–Crippen LogP) is 4.65. The molecule has 0 aromatic heterocycles. The Bertz CT molecular complexity index is 509. The molecule has 0 saturated heterocycles. The van der Waals surface area contributed by atoms with Gasteiger partial charge in [-0.3, -0.25) is 0 Å². The predicted molar refractivity (Wildman–Crippen MR) is 77.6 cm³/mol. The van der Waals surface area contributed by atoms with Crippen molar-refractivity contribution in [3.8, 4) is 5.75 Å². The van der Waals surface area contributed by atoms with Gasteiger partial charge in [-0.1, -0.05) is 55.5 Å². The van der Waals surface area contributed by atoms with Crippen molar-refractivity contribution in [2.75, 3.05) is 7.11 Å². The Kier molecular flexibility index (Phi) is 4.19. The molecule has 0 bridgehead atoms. The summed E-state index contributed by atoms with van der Waals surface area (Å²) in [5.74, 6) is 0.897. The van der Waals surface area contributed by atoms with Gasteiger partial charge in [0.15, 0.2) is 0 Å². The van der Waals surface area contributed by atoms with E-state index in [1.807, 2.05) is 18.2 Å². The minimum atomic E-state index is 0.897. The quantitative estimate of drug-likeness (QED) is 0.705. The van der Waals surface area contributed by atoms with Crippen LogP contribution >= 0.6 is 0 Å². The molecule has 0 aliphatic carbocycles. The van der Waals surface area contributed by atoms with Crippen molar-refractivity contribution in [2.45, 2.75) is 13.3 Å². The third-order valence-corrected chi connectivity index (χ3v) is 2.98. The van der Waals surface area contributed by atoms with E-state index in [-0.39, 0.29) is 0 Å². The summed E-state index contributed by atoms with van der Waals surface area (Å²) in [6.45, 7) is 2.18. The average molecular weight is 238 g/mol. The molecule has 0 N–H and O–H groups in total. The van der Waals surface area contributed by atoms with Crippen LogP contribution in [0.5, 0.6) is 5.75 Å². The lowest BCUT2D eigenvalue weighted by Crippen LogP contribution is -1.86. The van der Waals surface area contributed by atoms with E-state index >= 15 is 0 Å². The lowest BCUT2D eigenvalue weighted by molar-refractivity contribution is 0.415. The van der Waals surface area contributed by atoms with Crippen LogP contribution in [-0.4, -0.2) is 7.11 Å². The Morgan fingerprint density at radius 2 is 1.67 bits per heavy atom. The van der Waals surface area contributed by atoms with Crippen molar-refractivity contribution in [3.63, 3.8) is 0 Å². The van der Waals surface area contributed by atoms with Gasteiger partial charge in [0, 0.05) is 0 Å². The molecular formula is C17H18O. The molecule has 0 aliphatic heterocycles. The third kappa shape index (κ3) is 3.01. The van der Waals surface area contributed by atoms with E-state index in [1.54, 1.807) is 7.11 Å². The smallest absolute Gasteiger partial charge is 0.118 e. The lowest BCUT2D eigenvalue weighted by Gasteiger charge is -2.07. The fourth-order valence-corrected chi connectivity index (χ4v) is 1.95. The van der Waals surface area contributed by atoms with E-state index in [1.165, 1.54) is 16.7 Å². The Labute approximate surface area is 109 Å². The second-order valence-corrected chi connectivity index (χ2v) is 4.16. The standard InChI is InChI=1S/C17H18O/c1-3-15(13-14-7-5-4-6-8-14)16-9-11-17(18-2)12-10-16/h4-13H,3H2,1-2H3/b15-13-. The number of hydrogen-bond donors (Lipinski definition) is 0. The Morgan fingerprint density at radius 1 is 1.00 bits per heavy atom. The van der Waals surface area contributed by atoms with Crippen molar-refractivity contribution in [3.05, 3.63) is 65.7 Å². The Hall–Kier alpha value is -2.02. The molecule has 1 nitrogen and oxygen atoms in total. The van der Waals surface area contributed by atoms with Crippen LogP contribution in [0.1, 0.15) is 24.5 Å². The molecule has 2 aromatic rings. The highest BCUT2D eigenvalue weighted by Crippen LogP contribution is 2.23. The van der Waals surface area contributed by atoms with Gasteiger partial charge in [-0.2, -0.15) is 0 Å². The normalized spacial score (nSPS) is 11.3. The molecule has 0 radical (unpaired) electrons. The summed E-state index contributed by atoms with van der Waals surface area (Å²) in [5.41, 5.74) is 3.83. The van der Waals surface area contributed by atoms with Crippen LogP contribution in [-0.2, 0) is 0 Å². The van der Waals surface area contributed by atoms with E-state index in [0.717, 1.165) is 12.2 Å². The van der Waals surface area contributed by atoms with Gasteiger partial charge in [0.1, 0.15) is 5.75 Å². The highest BCUT2D eigenvalue weighted by Gasteiger charge is 2.00. The SMILES string of the molecule is CC/C(=C/c1ccccc1)c1ccc(OC)cc1. The number of allylic oxidation sites excluding steroid dienone is 1. The van der Waals surface area contributed by atoms with Gasteiger partial charge in [0.25, 0.3) is 0 Å². The van der Waals surface area contributed by atoms with E-state index in [4.69, 9.17) is 4.74 Å². The number of rotatable bonds is 4. The first kappa shape index (κ1) is 12.4. The molecule has 2 rings (SSSR count). The van der Waals surface area contributed by atoms with E-state index < -0.39 is 0 Å². The molecule has 0 atom stereocenters. The molecule has 1 heteroatoms. The number of ether oxygens (including phenoxy) is 1. The van der Waals surface area contributed by atoms with E-state index in [0.29, 0.717) is 0 Å². The average Bonchev–Trinajstić information content (AvgIpc) is 2.46. The highest BCUT2D eigenvalue weighted by molar-refractivity contribution is 5.81. The maximum absolute atomic E-state index is 5.18. The summed E-state index contributed by atoms with van der Waals surface area (Å²) < 4.78 is 5.18. The van der Waals surface area contributed by atoms with Gasteiger partial charge in [0.2, 0.25) is 0 Å². The fraction of sp³-hybridized carbons (Fsp3) is 0.176. The minimum absolute atomic E-state index is 0.897. The van der Waals surface area contributed by atoms with Crippen molar-refractivity contribution >= 4 is 11.6 Å². The third-order valence-electron chi connectivity index (χ3n) is 2.98. The van der Waals surface area contributed by atoms with Crippen LogP contribution in [0.4, 0.5) is 0 Å². The molecular weight excluding hydrogens is 220 g/mol. The lowest BCUT2D eigenvalue weighted by atomic mass is 10.0. The van der Waals surface area contributed by atoms with Crippen LogP contribution in [0.15, 0.2) is 54.6 Å². The van der Waals surface area contributed by atoms with E-state index in [9.17, 15) is 0 Å². The largest absolute Gasteiger partial charge is 0.497 e. The molecule has 0 unspecified atom stereocenters. The molecule has 0 saturated carbocycles. The fourth-order valence-electron chi connectivity index (χ4n) is 1.95. The first-order valence-electron chi connectivity index (χ1n) is 6.23. The van der Waals surface area contributed by atoms with Crippen LogP contribution in [0.3, 0.4) is 0 Å². The topological polar surface area (TPSA) is 9.23 Å². The second-order valence-electron chi connectivity index (χ2n) is 4.16. The van der Waals surface area contributed by atoms with Gasteiger partial charge in [-0.25, -0.2) is 0 Å². The first-order valence-corrected chi connectivity index (χ1v) is 6.23. The number of methoxy groups -OCH3 is 1. The van der Waals surface area contributed by atoms with Gasteiger partial charge in [-0.05, 0) is 35.3 Å². The van der Waals surface area contributed by atoms with Crippen LogP contribution in [0.25, 0.3) is 11.6 Å². The summed E-state index contributed by atoms with van der Waals surface area (Å²) in [4.78, 5) is 0. The van der Waals surface area contributed by atoms with Gasteiger partial charge in [0.05, 0.1) is 7.11 Å². The van der Waals surface area contributed by atoms with Crippen molar-refractivity contribution in [1.29, 1.82) is 0 Å². The summed E-state index contributed by atoms with van der Waals surface area (Å²) in [6.07, 6.45) is 3.25. The van der Waals surface area contributed by atoms with Gasteiger partial charge >= 0.3 is 0 Å². The molecule has 0 fully saturated rings. The van der Waals surface area contributed by atoms with Crippen LogP contribution in [0.2, 0.25) is 0 Å². The molecule has 0 aliphatic rings. The number of hydrogen-bond acceptors (Lipinski definition) is 1. The summed E-state index contributed by atoms with van der Waals surface area (Å²) in [6, 6.07) is 18.6. The zero-order chi connectivity index (χ0) is 12.8. The van der Waals surface area contributed by atoms with Crippen LogP contribution in [0, 0.1) is 0 Å². The van der Waals surface area contributed by atoms with Gasteiger partial charge < -0.3 is 4.74 Å². The maximum atomic E-state index is 5.18. The van der Waals surface area contributed by atoms with Crippen LogP contribution < -0.4 is 4.74 Å². The molecule has 2 aromatic carbocycles. The second kappa shape index (κ2) is 6.06. The number of benzene rings is 2. The summed E-state index contributed by atoms with van der Waals surface area (Å²) >= 11 is 0. The molecule has 0 heterocycles. The summed E-state index contributed by atoms with van der Waals surface area (Å²) in [7, 11) is 1.69. The summed E-state index contributed by atoms with van der Waals surface area (Å²) in [5, 5.41) is 0. The molecule has 0 spiro atoms. The molecule has 0 amide bonds. The van der Waals surface area contributed by atoms with Crippen molar-refractivity contribution < 1.29 is 4.74 Å². The van der Waals surface area contributed by atoms with Gasteiger partial charge in [-0.15, -0.1) is 0 Å². The van der Waals surface area contributed by atoms with Crippen molar-refractivity contribution in [2.24, 2.45) is 0 Å².